The van der Waals surface area contributed by atoms with Gasteiger partial charge in [-0.05, 0) is 53.3 Å². The van der Waals surface area contributed by atoms with Gasteiger partial charge in [0.25, 0.3) is 0 Å². The van der Waals surface area contributed by atoms with Crippen molar-refractivity contribution in [1.29, 1.82) is 0 Å². The van der Waals surface area contributed by atoms with E-state index in [1.807, 2.05) is 12.1 Å². The van der Waals surface area contributed by atoms with Gasteiger partial charge in [-0.25, -0.2) is 8.78 Å². The Morgan fingerprint density at radius 1 is 0.857 bits per heavy atom. The van der Waals surface area contributed by atoms with Gasteiger partial charge >= 0.3 is 0 Å². The quantitative estimate of drug-likeness (QED) is 0.388. The summed E-state index contributed by atoms with van der Waals surface area (Å²) in [4.78, 5) is 0. The highest BCUT2D eigenvalue weighted by molar-refractivity contribution is 5.91. The van der Waals surface area contributed by atoms with Gasteiger partial charge in [0, 0.05) is 11.0 Å². The fourth-order valence-electron chi connectivity index (χ4n) is 4.76. The number of allylic oxidation sites excluding steroid dienone is 4. The van der Waals surface area contributed by atoms with Crippen LogP contribution in [0.4, 0.5) is 8.78 Å². The van der Waals surface area contributed by atoms with Crippen molar-refractivity contribution >= 4 is 11.6 Å². The Balaban J connectivity index is 2.01. The Morgan fingerprint density at radius 2 is 1.61 bits per heavy atom. The molecule has 0 radical (unpaired) electrons. The van der Waals surface area contributed by atoms with Gasteiger partial charge in [0.05, 0.1) is 0 Å². The lowest BCUT2D eigenvalue weighted by Crippen LogP contribution is -2.27. The van der Waals surface area contributed by atoms with Gasteiger partial charge in [0.2, 0.25) is 0 Å². The lowest BCUT2D eigenvalue weighted by Gasteiger charge is -2.33. The first-order chi connectivity index (χ1) is 13.6. The molecule has 0 saturated carbocycles. The Hall–Kier alpha value is -1.70. The molecule has 0 amide bonds. The number of aryl methyl sites for hydroxylation is 1. The van der Waals surface area contributed by atoms with Crippen LogP contribution in [-0.4, -0.2) is 0 Å². The number of hydrogen-bond donors (Lipinski definition) is 0. The summed E-state index contributed by atoms with van der Waals surface area (Å²) in [5.74, 6) is -1.17. The number of rotatable bonds is 10. The summed E-state index contributed by atoms with van der Waals surface area (Å²) >= 11 is 0. The second-order valence-corrected chi connectivity index (χ2v) is 8.49. The summed E-state index contributed by atoms with van der Waals surface area (Å²) in [6, 6.07) is 6.24. The van der Waals surface area contributed by atoms with Crippen LogP contribution in [0.15, 0.2) is 41.5 Å². The zero-order chi connectivity index (χ0) is 20.1. The Kier molecular flexibility index (Phi) is 6.91. The molecule has 0 N–H and O–H groups in total. The minimum absolute atomic E-state index is 0.467. The number of halogens is 2. The number of hydrogen-bond acceptors (Lipinski definition) is 0. The van der Waals surface area contributed by atoms with Gasteiger partial charge in [0.15, 0.2) is 5.83 Å². The van der Waals surface area contributed by atoms with Crippen molar-refractivity contribution in [2.75, 3.05) is 0 Å². The summed E-state index contributed by atoms with van der Waals surface area (Å²) in [7, 11) is 0. The van der Waals surface area contributed by atoms with Crippen LogP contribution in [0.25, 0.3) is 11.6 Å². The molecule has 1 aromatic rings. The SMILES string of the molecule is CCCCCc1ccc2c(c1)=CC1=CC(CCC)(CCCCC)C(F)=C(F)C=21. The van der Waals surface area contributed by atoms with Gasteiger partial charge in [-0.15, -0.1) is 0 Å². The zero-order valence-electron chi connectivity index (χ0n) is 17.7. The summed E-state index contributed by atoms with van der Waals surface area (Å²) < 4.78 is 30.6. The average Bonchev–Trinajstić information content (AvgIpc) is 3.04. The fraction of sp³-hybridized carbons (Fsp3) is 0.538. The molecule has 0 saturated heterocycles. The maximum atomic E-state index is 15.4. The summed E-state index contributed by atoms with van der Waals surface area (Å²) in [6.45, 7) is 6.40. The van der Waals surface area contributed by atoms with Crippen molar-refractivity contribution < 1.29 is 8.78 Å². The lowest BCUT2D eigenvalue weighted by atomic mass is 9.72. The van der Waals surface area contributed by atoms with Gasteiger partial charge in [0.1, 0.15) is 5.83 Å². The van der Waals surface area contributed by atoms with Crippen LogP contribution >= 0.6 is 0 Å². The summed E-state index contributed by atoms with van der Waals surface area (Å²) in [6.07, 6.45) is 14.1. The van der Waals surface area contributed by atoms with Crippen LogP contribution in [-0.2, 0) is 6.42 Å². The number of benzene rings is 1. The fourth-order valence-corrected chi connectivity index (χ4v) is 4.76. The van der Waals surface area contributed by atoms with Crippen LogP contribution in [0.2, 0.25) is 0 Å². The summed E-state index contributed by atoms with van der Waals surface area (Å²) in [5.41, 5.74) is 1.87. The van der Waals surface area contributed by atoms with E-state index in [-0.39, 0.29) is 0 Å². The molecule has 1 aromatic carbocycles. The van der Waals surface area contributed by atoms with Crippen LogP contribution in [0, 0.1) is 5.41 Å². The summed E-state index contributed by atoms with van der Waals surface area (Å²) in [5, 5.41) is 1.89. The van der Waals surface area contributed by atoms with Gasteiger partial charge in [-0.2, -0.15) is 0 Å². The molecule has 152 valence electrons. The second-order valence-electron chi connectivity index (χ2n) is 8.49. The predicted molar refractivity (Wildman–Crippen MR) is 116 cm³/mol. The highest BCUT2D eigenvalue weighted by Crippen LogP contribution is 2.50. The predicted octanol–water partition coefficient (Wildman–Crippen LogP) is 6.82. The first-order valence-corrected chi connectivity index (χ1v) is 11.2. The van der Waals surface area contributed by atoms with E-state index in [0.717, 1.165) is 48.1 Å². The van der Waals surface area contributed by atoms with E-state index in [0.29, 0.717) is 18.4 Å². The third-order valence-electron chi connectivity index (χ3n) is 6.26. The Morgan fingerprint density at radius 3 is 2.32 bits per heavy atom. The smallest absolute Gasteiger partial charge is 0.163 e. The molecule has 28 heavy (non-hydrogen) atoms. The molecule has 3 rings (SSSR count). The van der Waals surface area contributed by atoms with E-state index in [4.69, 9.17) is 0 Å². The highest BCUT2D eigenvalue weighted by Gasteiger charge is 2.40. The average molecular weight is 385 g/mol. The molecule has 2 aliphatic rings. The van der Waals surface area contributed by atoms with Gasteiger partial charge < -0.3 is 0 Å². The van der Waals surface area contributed by atoms with Gasteiger partial charge in [-0.1, -0.05) is 83.6 Å². The van der Waals surface area contributed by atoms with Gasteiger partial charge in [-0.3, -0.25) is 0 Å². The van der Waals surface area contributed by atoms with Crippen LogP contribution in [0.3, 0.4) is 0 Å². The molecule has 0 bridgehead atoms. The van der Waals surface area contributed by atoms with E-state index in [1.165, 1.54) is 24.8 Å². The van der Waals surface area contributed by atoms with Crippen molar-refractivity contribution in [3.05, 3.63) is 57.5 Å². The van der Waals surface area contributed by atoms with E-state index in [1.54, 1.807) is 0 Å². The normalized spacial score (nSPS) is 20.8. The standard InChI is InChI=1S/C26H34F2/c1-4-7-9-11-19-12-13-22-20(16-19)17-21-18-26(14-6-3,15-10-8-5-2)25(28)24(27)23(21)22/h12-13,16-18H,4-11,14-15H2,1-3H3. The third kappa shape index (κ3) is 4.02. The molecule has 2 heteroatoms. The van der Waals surface area contributed by atoms with E-state index in [2.05, 4.69) is 39.0 Å². The molecule has 0 heterocycles. The molecule has 2 aliphatic carbocycles. The van der Waals surface area contributed by atoms with E-state index < -0.39 is 17.1 Å². The number of unbranched alkanes of at least 4 members (excludes halogenated alkanes) is 4. The molecule has 0 nitrogen and oxygen atoms in total. The van der Waals surface area contributed by atoms with Crippen LogP contribution in [0.5, 0.6) is 0 Å². The second kappa shape index (κ2) is 9.20. The van der Waals surface area contributed by atoms with Crippen molar-refractivity contribution in [3.8, 4) is 0 Å². The van der Waals surface area contributed by atoms with Crippen LogP contribution < -0.4 is 10.4 Å². The maximum absolute atomic E-state index is 15.4. The monoisotopic (exact) mass is 384 g/mol. The molecular weight excluding hydrogens is 350 g/mol. The first kappa shape index (κ1) is 21.0. The Labute approximate surface area is 168 Å². The van der Waals surface area contributed by atoms with Crippen molar-refractivity contribution in [2.24, 2.45) is 5.41 Å². The minimum atomic E-state index is -0.769. The maximum Gasteiger partial charge on any atom is 0.163 e. The number of fused-ring (bicyclic) bond motifs is 2. The van der Waals surface area contributed by atoms with E-state index >= 15 is 8.78 Å². The first-order valence-electron chi connectivity index (χ1n) is 11.2. The Bertz CT molecular complexity index is 887. The van der Waals surface area contributed by atoms with Crippen molar-refractivity contribution in [2.45, 2.75) is 85.0 Å². The highest BCUT2D eigenvalue weighted by atomic mass is 19.2. The topological polar surface area (TPSA) is 0 Å². The molecule has 0 aromatic heterocycles. The minimum Gasteiger partial charge on any atom is -0.208 e. The van der Waals surface area contributed by atoms with Crippen molar-refractivity contribution in [3.63, 3.8) is 0 Å². The molecule has 1 unspecified atom stereocenters. The lowest BCUT2D eigenvalue weighted by molar-refractivity contribution is 0.285. The van der Waals surface area contributed by atoms with Crippen molar-refractivity contribution in [1.82, 2.24) is 0 Å². The molecule has 1 atom stereocenters. The third-order valence-corrected chi connectivity index (χ3v) is 6.26. The van der Waals surface area contributed by atoms with Crippen LogP contribution in [0.1, 0.15) is 84.1 Å². The van der Waals surface area contributed by atoms with E-state index in [9.17, 15) is 0 Å². The molecule has 0 aliphatic heterocycles. The molecule has 0 spiro atoms. The molecular formula is C26H34F2. The zero-order valence-corrected chi connectivity index (χ0v) is 17.7. The molecule has 0 fully saturated rings. The largest absolute Gasteiger partial charge is 0.208 e.